The second kappa shape index (κ2) is 8.65. The number of nitrogens with one attached hydrogen (secondary N) is 2. The number of hydrogen-bond donors (Lipinski definition) is 2. The second-order valence-corrected chi connectivity index (χ2v) is 7.74. The third kappa shape index (κ3) is 4.30. The molecule has 2 atom stereocenters. The Kier molecular flexibility index (Phi) is 5.81. The number of amides is 1. The maximum Gasteiger partial charge on any atom is 0.275 e. The maximum atomic E-state index is 12.6. The summed E-state index contributed by atoms with van der Waals surface area (Å²) in [6, 6.07) is 14.8. The zero-order chi connectivity index (χ0) is 19.3. The predicted molar refractivity (Wildman–Crippen MR) is 108 cm³/mol. The number of benzene rings is 2. The molecule has 1 saturated heterocycles. The first-order valence-electron chi connectivity index (χ1n) is 10.3. The van der Waals surface area contributed by atoms with Crippen molar-refractivity contribution in [2.45, 2.75) is 38.8 Å². The average Bonchev–Trinajstić information content (AvgIpc) is 3.02. The van der Waals surface area contributed by atoms with Gasteiger partial charge in [-0.1, -0.05) is 24.3 Å². The summed E-state index contributed by atoms with van der Waals surface area (Å²) in [6.45, 7) is 5.59. The minimum Gasteiger partial charge on any atom is -0.490 e. The van der Waals surface area contributed by atoms with E-state index in [1.54, 1.807) is 0 Å². The van der Waals surface area contributed by atoms with Gasteiger partial charge in [0.2, 0.25) is 0 Å². The number of quaternary nitrogens is 1. The van der Waals surface area contributed by atoms with Gasteiger partial charge < -0.3 is 19.7 Å². The molecule has 2 N–H and O–H groups in total. The van der Waals surface area contributed by atoms with Crippen molar-refractivity contribution in [3.63, 3.8) is 0 Å². The monoisotopic (exact) mass is 381 g/mol. The molecule has 5 nitrogen and oxygen atoms in total. The summed E-state index contributed by atoms with van der Waals surface area (Å²) >= 11 is 0. The molecule has 1 fully saturated rings. The Labute approximate surface area is 166 Å². The van der Waals surface area contributed by atoms with E-state index in [-0.39, 0.29) is 5.91 Å². The van der Waals surface area contributed by atoms with Crippen molar-refractivity contribution < 1.29 is 19.2 Å². The molecule has 4 rings (SSSR count). The third-order valence-electron chi connectivity index (χ3n) is 5.78. The lowest BCUT2D eigenvalue weighted by Crippen LogP contribution is -3.11. The van der Waals surface area contributed by atoms with Crippen LogP contribution in [0.3, 0.4) is 0 Å². The number of fused-ring (bicyclic) bond motifs is 1. The lowest BCUT2D eigenvalue weighted by molar-refractivity contribution is -0.910. The molecule has 28 heavy (non-hydrogen) atoms. The third-order valence-corrected chi connectivity index (χ3v) is 5.78. The number of rotatable bonds is 5. The highest BCUT2D eigenvalue weighted by Crippen LogP contribution is 2.33. The fraction of sp³-hybridized carbons (Fsp3) is 0.435. The summed E-state index contributed by atoms with van der Waals surface area (Å²) < 4.78 is 11.6. The molecular weight excluding hydrogens is 352 g/mol. The minimum atomic E-state index is 0.111. The molecule has 0 spiro atoms. The van der Waals surface area contributed by atoms with Crippen LogP contribution in [0.15, 0.2) is 42.5 Å². The predicted octanol–water partition coefficient (Wildman–Crippen LogP) is 2.19. The molecule has 1 amide bonds. The van der Waals surface area contributed by atoms with E-state index >= 15 is 0 Å². The molecule has 1 unspecified atom stereocenters. The van der Waals surface area contributed by atoms with E-state index in [4.69, 9.17) is 9.47 Å². The van der Waals surface area contributed by atoms with E-state index in [0.717, 1.165) is 37.3 Å². The molecular formula is C23H29N2O3+. The Morgan fingerprint density at radius 3 is 2.79 bits per heavy atom. The van der Waals surface area contributed by atoms with Gasteiger partial charge in [0, 0.05) is 31.4 Å². The molecule has 0 aromatic heterocycles. The Bertz CT molecular complexity index is 836. The summed E-state index contributed by atoms with van der Waals surface area (Å²) in [5.74, 6) is 1.78. The summed E-state index contributed by atoms with van der Waals surface area (Å²) in [6.07, 6.45) is 3.14. The van der Waals surface area contributed by atoms with Crippen molar-refractivity contribution in [1.29, 1.82) is 0 Å². The molecule has 0 radical (unpaired) electrons. The number of carbonyl (C=O) groups excluding carboxylic acids is 1. The van der Waals surface area contributed by atoms with E-state index in [1.807, 2.05) is 18.2 Å². The smallest absolute Gasteiger partial charge is 0.275 e. The highest BCUT2D eigenvalue weighted by Gasteiger charge is 2.32. The molecule has 2 aromatic carbocycles. The lowest BCUT2D eigenvalue weighted by Gasteiger charge is -2.22. The van der Waals surface area contributed by atoms with Gasteiger partial charge in [-0.25, -0.2) is 0 Å². The number of likely N-dealkylation sites (tertiary alicyclic amines) is 1. The number of hydrogen-bond acceptors (Lipinski definition) is 3. The molecule has 2 aromatic rings. The summed E-state index contributed by atoms with van der Waals surface area (Å²) in [5.41, 5.74) is 3.62. The molecule has 0 saturated carbocycles. The van der Waals surface area contributed by atoms with Crippen LogP contribution in [0.1, 0.15) is 42.0 Å². The average molecular weight is 381 g/mol. The van der Waals surface area contributed by atoms with Crippen LogP contribution in [-0.2, 0) is 11.3 Å². The Balaban J connectivity index is 1.39. The van der Waals surface area contributed by atoms with Gasteiger partial charge in [0.25, 0.3) is 5.91 Å². The molecule has 148 valence electrons. The first kappa shape index (κ1) is 18.8. The van der Waals surface area contributed by atoms with Crippen molar-refractivity contribution in [2.75, 3.05) is 26.3 Å². The quantitative estimate of drug-likeness (QED) is 0.835. The largest absolute Gasteiger partial charge is 0.490 e. The van der Waals surface area contributed by atoms with Crippen molar-refractivity contribution in [1.82, 2.24) is 5.32 Å². The number of carbonyl (C=O) groups is 1. The zero-order valence-corrected chi connectivity index (χ0v) is 16.5. The van der Waals surface area contributed by atoms with E-state index < -0.39 is 0 Å². The van der Waals surface area contributed by atoms with Crippen LogP contribution in [0.4, 0.5) is 0 Å². The molecule has 2 heterocycles. The van der Waals surface area contributed by atoms with Crippen LogP contribution in [-0.4, -0.2) is 32.2 Å². The Hall–Kier alpha value is -2.53. The van der Waals surface area contributed by atoms with E-state index in [0.29, 0.717) is 32.3 Å². The van der Waals surface area contributed by atoms with Crippen LogP contribution in [0, 0.1) is 6.92 Å². The lowest BCUT2D eigenvalue weighted by atomic mass is 10.0. The molecule has 2 aliphatic heterocycles. The topological polar surface area (TPSA) is 52.0 Å². The second-order valence-electron chi connectivity index (χ2n) is 7.74. The molecule has 5 heteroatoms. The van der Waals surface area contributed by atoms with Crippen molar-refractivity contribution in [3.05, 3.63) is 59.2 Å². The fourth-order valence-corrected chi connectivity index (χ4v) is 4.19. The van der Waals surface area contributed by atoms with Crippen LogP contribution in [0.25, 0.3) is 0 Å². The van der Waals surface area contributed by atoms with Gasteiger partial charge in [-0.15, -0.1) is 0 Å². The van der Waals surface area contributed by atoms with Gasteiger partial charge in [-0.3, -0.25) is 4.79 Å². The maximum absolute atomic E-state index is 12.6. The van der Waals surface area contributed by atoms with Crippen LogP contribution in [0.5, 0.6) is 11.5 Å². The van der Waals surface area contributed by atoms with E-state index in [1.165, 1.54) is 21.6 Å². The first-order valence-corrected chi connectivity index (χ1v) is 10.3. The first-order chi connectivity index (χ1) is 13.7. The Morgan fingerprint density at radius 1 is 1.11 bits per heavy atom. The van der Waals surface area contributed by atoms with Crippen molar-refractivity contribution >= 4 is 5.91 Å². The van der Waals surface area contributed by atoms with Crippen LogP contribution < -0.4 is 19.7 Å². The van der Waals surface area contributed by atoms with Crippen molar-refractivity contribution in [2.24, 2.45) is 0 Å². The zero-order valence-electron chi connectivity index (χ0n) is 16.5. The highest BCUT2D eigenvalue weighted by atomic mass is 16.5. The Morgan fingerprint density at radius 2 is 1.93 bits per heavy atom. The van der Waals surface area contributed by atoms with E-state index in [9.17, 15) is 4.79 Å². The summed E-state index contributed by atoms with van der Waals surface area (Å²) in [7, 11) is 0. The van der Waals surface area contributed by atoms with Gasteiger partial charge in [-0.05, 0) is 36.2 Å². The van der Waals surface area contributed by atoms with E-state index in [2.05, 4.69) is 36.5 Å². The normalized spacial score (nSPS) is 21.2. The van der Waals surface area contributed by atoms with Crippen LogP contribution in [0.2, 0.25) is 0 Å². The molecule has 0 aliphatic carbocycles. The molecule has 0 bridgehead atoms. The summed E-state index contributed by atoms with van der Waals surface area (Å²) in [4.78, 5) is 13.9. The fourth-order valence-electron chi connectivity index (χ4n) is 4.19. The van der Waals surface area contributed by atoms with Gasteiger partial charge in [0.05, 0.1) is 19.8 Å². The van der Waals surface area contributed by atoms with Gasteiger partial charge in [-0.2, -0.15) is 0 Å². The van der Waals surface area contributed by atoms with Crippen molar-refractivity contribution in [3.8, 4) is 11.5 Å². The number of ether oxygens (including phenoxy) is 2. The standard InChI is InChI=1S/C23H28N2O3/c1-17-6-2-3-7-19(17)15-24-23(26)16-25-11-4-8-20(25)18-9-10-21-22(14-18)28-13-5-12-27-21/h2-3,6-7,9-10,14,20H,4-5,8,11-13,15-16H2,1H3,(H,24,26)/p+1/t20-/m1/s1. The number of aryl methyl sites for hydroxylation is 1. The SMILES string of the molecule is Cc1ccccc1CNC(=O)C[NH+]1CCC[C@@H]1c1ccc2c(c1)OCCCO2. The summed E-state index contributed by atoms with van der Waals surface area (Å²) in [5, 5.41) is 3.09. The molecule has 2 aliphatic rings. The van der Waals surface area contributed by atoms with Gasteiger partial charge >= 0.3 is 0 Å². The highest BCUT2D eigenvalue weighted by molar-refractivity contribution is 5.76. The van der Waals surface area contributed by atoms with Gasteiger partial charge in [0.15, 0.2) is 18.0 Å². The minimum absolute atomic E-state index is 0.111. The van der Waals surface area contributed by atoms with Crippen LogP contribution >= 0.6 is 0 Å². The van der Waals surface area contributed by atoms with Gasteiger partial charge in [0.1, 0.15) is 6.04 Å².